The van der Waals surface area contributed by atoms with Crippen molar-refractivity contribution in [2.45, 2.75) is 26.3 Å². The molecule has 0 saturated carbocycles. The smallest absolute Gasteiger partial charge is 0.0573 e. The van der Waals surface area contributed by atoms with Crippen molar-refractivity contribution < 1.29 is 12.0 Å². The van der Waals surface area contributed by atoms with Crippen LogP contribution in [-0.2, 0) is 0 Å². The maximum atomic E-state index is 9.60. The number of rotatable bonds is 1. The van der Waals surface area contributed by atoms with E-state index in [9.17, 15) is 5.11 Å². The second-order valence-corrected chi connectivity index (χ2v) is 3.73. The largest absolute Gasteiger partial charge is 0.395 e. The Morgan fingerprint density at radius 1 is 2.00 bits per heavy atom. The van der Waals surface area contributed by atoms with Crippen LogP contribution in [0.4, 0.5) is 0 Å². The van der Waals surface area contributed by atoms with Crippen molar-refractivity contribution in [1.29, 1.82) is 0 Å². The summed E-state index contributed by atoms with van der Waals surface area (Å²) in [5.41, 5.74) is -0.702. The van der Waals surface area contributed by atoms with E-state index >= 15 is 0 Å². The van der Waals surface area contributed by atoms with Gasteiger partial charge in [-0.15, -0.1) is 0 Å². The Labute approximate surface area is 81.9 Å². The maximum absolute atomic E-state index is 9.60. The molecule has 0 bridgehead atoms. The molecule has 0 aromatic heterocycles. The second kappa shape index (κ2) is 3.19. The molecule has 70 valence electrons. The third kappa shape index (κ3) is 1.54. The lowest BCUT2D eigenvalue weighted by Gasteiger charge is -2.43. The van der Waals surface area contributed by atoms with Gasteiger partial charge in [0, 0.05) is 22.1 Å². The number of likely N-dealkylation sites (tertiary alicyclic amines) is 1. The molecule has 1 aliphatic rings. The Morgan fingerprint density at radius 2 is 2.67 bits per heavy atom. The quantitative estimate of drug-likeness (QED) is 0.605. The molecule has 0 unspecified atom stereocenters. The topological polar surface area (TPSA) is 23.5 Å². The van der Waals surface area contributed by atoms with Crippen LogP contribution < -0.4 is 0 Å². The van der Waals surface area contributed by atoms with E-state index in [4.69, 9.17) is 6.85 Å². The number of hydrogen-bond acceptors (Lipinski definition) is 2. The van der Waals surface area contributed by atoms with Gasteiger partial charge in [-0.2, -0.15) is 0 Å². The Morgan fingerprint density at radius 3 is 3.17 bits per heavy atom. The molecule has 1 saturated heterocycles. The van der Waals surface area contributed by atoms with Crippen molar-refractivity contribution in [3.8, 4) is 0 Å². The van der Waals surface area contributed by atoms with Crippen molar-refractivity contribution >= 4 is 0 Å². The van der Waals surface area contributed by atoms with E-state index in [0.29, 0.717) is 12.0 Å². The molecule has 2 atom stereocenters. The lowest BCUT2D eigenvalue weighted by atomic mass is 9.77. The SMILES string of the molecule is [2H]C([2H])([2H])N1C[C@@](C)(C([2H])([2H])O)C(=C)C[C@H]1C. The van der Waals surface area contributed by atoms with Crippen LogP contribution in [-0.4, -0.2) is 36.1 Å². The van der Waals surface area contributed by atoms with Crippen LogP contribution in [0.15, 0.2) is 12.2 Å². The summed E-state index contributed by atoms with van der Waals surface area (Å²) < 4.78 is 37.2. The monoisotopic (exact) mass is 174 g/mol. The van der Waals surface area contributed by atoms with Crippen LogP contribution in [0.25, 0.3) is 0 Å². The van der Waals surface area contributed by atoms with Gasteiger partial charge in [0.05, 0.1) is 9.30 Å². The minimum atomic E-state index is -2.48. The van der Waals surface area contributed by atoms with Gasteiger partial charge in [-0.05, 0) is 20.3 Å². The highest BCUT2D eigenvalue weighted by molar-refractivity contribution is 5.14. The average molecular weight is 174 g/mol. The lowest BCUT2D eigenvalue weighted by molar-refractivity contribution is 0.0788. The zero-order valence-corrected chi connectivity index (χ0v) is 7.59. The molecule has 0 aromatic rings. The van der Waals surface area contributed by atoms with Crippen molar-refractivity contribution in [1.82, 2.24) is 4.90 Å². The van der Waals surface area contributed by atoms with Crippen LogP contribution in [0.1, 0.15) is 27.1 Å². The van der Waals surface area contributed by atoms with Crippen LogP contribution in [0, 0.1) is 5.41 Å². The average Bonchev–Trinajstić information content (AvgIpc) is 2.07. The van der Waals surface area contributed by atoms with Gasteiger partial charge in [-0.25, -0.2) is 0 Å². The third-order valence-electron chi connectivity index (χ3n) is 2.59. The molecule has 1 fully saturated rings. The first-order chi connectivity index (χ1) is 7.39. The minimum Gasteiger partial charge on any atom is -0.395 e. The highest BCUT2D eigenvalue weighted by Gasteiger charge is 2.34. The standard InChI is InChI=1S/C10H19NO/c1-8-5-9(2)11(4)6-10(8,3)7-12/h9,12H,1,5-7H2,2-4H3/t9-,10+/m1/s1/i4D3,7D2. The molecule has 1 rings (SSSR count). The first kappa shape index (κ1) is 4.77. The molecule has 12 heavy (non-hydrogen) atoms. The molecule has 1 N–H and O–H groups in total. The van der Waals surface area contributed by atoms with Gasteiger partial charge < -0.3 is 10.0 Å². The Bertz CT molecular complexity index is 322. The number of piperidine rings is 1. The number of nitrogens with zero attached hydrogens (tertiary/aromatic N) is 1. The zero-order chi connectivity index (χ0) is 13.6. The van der Waals surface area contributed by atoms with E-state index in [-0.39, 0.29) is 12.6 Å². The van der Waals surface area contributed by atoms with E-state index in [2.05, 4.69) is 6.58 Å². The molecule has 1 heterocycles. The fourth-order valence-electron chi connectivity index (χ4n) is 1.41. The van der Waals surface area contributed by atoms with Gasteiger partial charge in [-0.1, -0.05) is 19.1 Å². The van der Waals surface area contributed by atoms with Crippen LogP contribution >= 0.6 is 0 Å². The fourth-order valence-corrected chi connectivity index (χ4v) is 1.41. The zero-order valence-electron chi connectivity index (χ0n) is 12.6. The number of hydrogen-bond donors (Lipinski definition) is 1. The van der Waals surface area contributed by atoms with Gasteiger partial charge in [0.2, 0.25) is 0 Å². The van der Waals surface area contributed by atoms with Crippen LogP contribution in [0.5, 0.6) is 0 Å². The van der Waals surface area contributed by atoms with E-state index in [0.717, 1.165) is 0 Å². The van der Waals surface area contributed by atoms with E-state index in [1.165, 1.54) is 11.8 Å². The van der Waals surface area contributed by atoms with Crippen molar-refractivity contribution in [2.75, 3.05) is 20.1 Å². The summed E-state index contributed by atoms with van der Waals surface area (Å²) in [5, 5.41) is 9.60. The summed E-state index contributed by atoms with van der Waals surface area (Å²) >= 11 is 0. The summed E-state index contributed by atoms with van der Waals surface area (Å²) in [4.78, 5) is 1.25. The molecule has 0 radical (unpaired) electrons. The minimum absolute atomic E-state index is 0.0625. The summed E-state index contributed by atoms with van der Waals surface area (Å²) in [6.07, 6.45) is 0.370. The lowest BCUT2D eigenvalue weighted by Crippen LogP contribution is -2.47. The van der Waals surface area contributed by atoms with Crippen molar-refractivity contribution in [3.63, 3.8) is 0 Å². The first-order valence-electron chi connectivity index (χ1n) is 6.57. The normalized spacial score (nSPS) is 47.1. The molecule has 0 aromatic carbocycles. The number of aliphatic hydroxyl groups is 1. The Kier molecular flexibility index (Phi) is 1.27. The summed E-state index contributed by atoms with van der Waals surface area (Å²) in [5.74, 6) is 0. The summed E-state index contributed by atoms with van der Waals surface area (Å²) in [7, 11) is 0. The Hall–Kier alpha value is -0.340. The first-order valence-corrected chi connectivity index (χ1v) is 4.07. The predicted molar refractivity (Wildman–Crippen MR) is 51.0 cm³/mol. The molecule has 2 nitrogen and oxygen atoms in total. The molecule has 0 amide bonds. The van der Waals surface area contributed by atoms with Crippen molar-refractivity contribution in [3.05, 3.63) is 12.2 Å². The van der Waals surface area contributed by atoms with Gasteiger partial charge in [0.1, 0.15) is 0 Å². The maximum Gasteiger partial charge on any atom is 0.0573 e. The molecule has 0 spiro atoms. The summed E-state index contributed by atoms with van der Waals surface area (Å²) in [6, 6.07) is -0.231. The molecule has 0 aliphatic carbocycles. The van der Waals surface area contributed by atoms with Crippen LogP contribution in [0.3, 0.4) is 0 Å². The van der Waals surface area contributed by atoms with Crippen molar-refractivity contribution in [2.24, 2.45) is 5.41 Å². The molecule has 1 aliphatic heterocycles. The van der Waals surface area contributed by atoms with E-state index in [1.807, 2.05) is 0 Å². The predicted octanol–water partition coefficient (Wildman–Crippen LogP) is 1.27. The Balaban J connectivity index is 3.08. The highest BCUT2D eigenvalue weighted by atomic mass is 16.3. The van der Waals surface area contributed by atoms with Gasteiger partial charge >= 0.3 is 0 Å². The molecule has 2 heteroatoms. The highest BCUT2D eigenvalue weighted by Crippen LogP contribution is 2.34. The van der Waals surface area contributed by atoms with Crippen LogP contribution in [0.2, 0.25) is 0 Å². The van der Waals surface area contributed by atoms with E-state index in [1.54, 1.807) is 6.92 Å². The third-order valence-corrected chi connectivity index (χ3v) is 2.59. The molecular weight excluding hydrogens is 150 g/mol. The van der Waals surface area contributed by atoms with Gasteiger partial charge in [0.25, 0.3) is 0 Å². The van der Waals surface area contributed by atoms with Gasteiger partial charge in [-0.3, -0.25) is 0 Å². The van der Waals surface area contributed by atoms with Gasteiger partial charge in [0.15, 0.2) is 0 Å². The summed E-state index contributed by atoms with van der Waals surface area (Å²) in [6.45, 7) is 2.25. The fraction of sp³-hybridized carbons (Fsp3) is 0.800. The molecular formula is C10H19NO. The van der Waals surface area contributed by atoms with E-state index < -0.39 is 18.9 Å². The second-order valence-electron chi connectivity index (χ2n) is 3.73.